The number of aromatic nitrogens is 3. The van der Waals surface area contributed by atoms with Gasteiger partial charge in [0.05, 0.1) is 13.2 Å². The fraction of sp³-hybridized carbons (Fsp3) is 0.400. The zero-order valence-electron chi connectivity index (χ0n) is 23.2. The van der Waals surface area contributed by atoms with Crippen molar-refractivity contribution in [1.29, 1.82) is 0 Å². The molecular weight excluding hydrogens is 567 g/mol. The fourth-order valence-corrected chi connectivity index (χ4v) is 5.68. The Morgan fingerprint density at radius 1 is 1.09 bits per heavy atom. The van der Waals surface area contributed by atoms with Gasteiger partial charge in [0.25, 0.3) is 12.0 Å². The van der Waals surface area contributed by atoms with Crippen LogP contribution in [-0.4, -0.2) is 65.9 Å². The lowest BCUT2D eigenvalue weighted by Gasteiger charge is -2.48. The van der Waals surface area contributed by atoms with Crippen molar-refractivity contribution in [3.63, 3.8) is 0 Å². The molecule has 43 heavy (non-hydrogen) atoms. The van der Waals surface area contributed by atoms with Gasteiger partial charge in [-0.2, -0.15) is 13.2 Å². The predicted octanol–water partition coefficient (Wildman–Crippen LogP) is 4.67. The Morgan fingerprint density at radius 3 is 2.44 bits per heavy atom. The summed E-state index contributed by atoms with van der Waals surface area (Å²) in [7, 11) is 0. The molecule has 0 aliphatic carbocycles. The van der Waals surface area contributed by atoms with Crippen molar-refractivity contribution < 1.29 is 32.2 Å². The summed E-state index contributed by atoms with van der Waals surface area (Å²) in [5.74, 6) is 1.69. The van der Waals surface area contributed by atoms with Crippen molar-refractivity contribution in [1.82, 2.24) is 15.0 Å². The van der Waals surface area contributed by atoms with Crippen LogP contribution in [-0.2, 0) is 15.7 Å². The molecule has 13 heteroatoms. The molecule has 0 atom stereocenters. The summed E-state index contributed by atoms with van der Waals surface area (Å²) in [6, 6.07) is 8.76. The molecule has 3 fully saturated rings. The van der Waals surface area contributed by atoms with Crippen molar-refractivity contribution in [2.45, 2.75) is 31.9 Å². The normalized spacial score (nSPS) is 17.4. The van der Waals surface area contributed by atoms with E-state index in [2.05, 4.69) is 25.8 Å². The standard InChI is InChI=1S/C15H12F3N3O.C14H16N2O2.CH2O2/c16-15(17,18)14-19-11-9-5-1-2-6-10(9)22-12(11)13(20-14)21-7-3-4-8-21;1-2-11-6-12(13(17)15-7-11)16-5-3-4-14(8-16)9-18-10-14;2-1-3/h1-2,5-6H,3-4,7-8H2;1,6-7H,3-5,8-10H2,(H,15,17);1H,(H,2,3). The molecule has 3 saturated heterocycles. The van der Waals surface area contributed by atoms with Crippen LogP contribution in [0, 0.1) is 17.8 Å². The number of hydrogen-bond acceptors (Lipinski definition) is 8. The number of carboxylic acid groups (broad SMARTS) is 1. The minimum Gasteiger partial charge on any atom is -0.483 e. The first-order chi connectivity index (χ1) is 20.7. The smallest absolute Gasteiger partial charge is 0.451 e. The van der Waals surface area contributed by atoms with Gasteiger partial charge >= 0.3 is 6.18 Å². The van der Waals surface area contributed by atoms with E-state index in [1.165, 1.54) is 6.42 Å². The summed E-state index contributed by atoms with van der Waals surface area (Å²) in [5, 5.41) is 7.46. The van der Waals surface area contributed by atoms with E-state index in [1.54, 1.807) is 36.5 Å². The number of terminal acetylenes is 1. The summed E-state index contributed by atoms with van der Waals surface area (Å²) in [6.07, 6.45) is 6.54. The molecule has 7 rings (SSSR count). The Labute approximate surface area is 244 Å². The van der Waals surface area contributed by atoms with Gasteiger partial charge in [0.1, 0.15) is 16.8 Å². The average Bonchev–Trinajstić information content (AvgIpc) is 3.65. The molecule has 2 N–H and O–H groups in total. The summed E-state index contributed by atoms with van der Waals surface area (Å²) in [5.41, 5.74) is 2.68. The van der Waals surface area contributed by atoms with Crippen molar-refractivity contribution in [2.75, 3.05) is 49.2 Å². The van der Waals surface area contributed by atoms with E-state index in [-0.39, 0.29) is 28.8 Å². The fourth-order valence-electron chi connectivity index (χ4n) is 5.68. The van der Waals surface area contributed by atoms with Gasteiger partial charge in [-0.15, -0.1) is 6.42 Å². The number of para-hydroxylation sites is 1. The van der Waals surface area contributed by atoms with Gasteiger partial charge in [-0.1, -0.05) is 18.1 Å². The van der Waals surface area contributed by atoms with Crippen LogP contribution < -0.4 is 15.4 Å². The number of alkyl halides is 3. The molecule has 0 unspecified atom stereocenters. The third-order valence-corrected chi connectivity index (χ3v) is 7.73. The van der Waals surface area contributed by atoms with Gasteiger partial charge in [0, 0.05) is 48.7 Å². The van der Waals surface area contributed by atoms with E-state index >= 15 is 0 Å². The molecule has 6 heterocycles. The highest BCUT2D eigenvalue weighted by atomic mass is 19.4. The van der Waals surface area contributed by atoms with Crippen molar-refractivity contribution in [3.05, 3.63) is 58.3 Å². The second-order valence-electron chi connectivity index (χ2n) is 10.7. The van der Waals surface area contributed by atoms with Crippen LogP contribution >= 0.6 is 0 Å². The summed E-state index contributed by atoms with van der Waals surface area (Å²) in [6.45, 7) is 4.55. The number of H-pyrrole nitrogens is 1. The number of benzene rings is 1. The maximum absolute atomic E-state index is 13.1. The molecule has 0 radical (unpaired) electrons. The van der Waals surface area contributed by atoms with Crippen molar-refractivity contribution in [2.24, 2.45) is 5.41 Å². The molecule has 1 spiro atoms. The SMILES string of the molecule is C#Cc1c[nH]c(=O)c(N2CCCC3(COC3)C2)c1.FC(F)(F)c1nc(N2CCCC2)c2oc3ccccc3c2n1.O=CO. The number of piperidine rings is 1. The number of carbonyl (C=O) groups is 1. The minimum absolute atomic E-state index is 0.0636. The lowest BCUT2D eigenvalue weighted by Crippen LogP contribution is -2.55. The van der Waals surface area contributed by atoms with E-state index in [1.807, 2.05) is 4.90 Å². The highest BCUT2D eigenvalue weighted by Gasteiger charge is 2.42. The number of hydrogen-bond donors (Lipinski definition) is 2. The Hall–Kier alpha value is -4.57. The van der Waals surface area contributed by atoms with E-state index < -0.39 is 12.0 Å². The highest BCUT2D eigenvalue weighted by Crippen LogP contribution is 2.39. The van der Waals surface area contributed by atoms with E-state index in [9.17, 15) is 18.0 Å². The number of fused-ring (bicyclic) bond motifs is 3. The second-order valence-corrected chi connectivity index (χ2v) is 10.7. The number of rotatable bonds is 2. The monoisotopic (exact) mass is 597 g/mol. The van der Waals surface area contributed by atoms with Crippen LogP contribution in [0.2, 0.25) is 0 Å². The molecule has 0 bridgehead atoms. The number of nitrogens with one attached hydrogen (secondary N) is 1. The second kappa shape index (κ2) is 12.3. The Balaban J connectivity index is 0.000000160. The summed E-state index contributed by atoms with van der Waals surface area (Å²) < 4.78 is 50.4. The average molecular weight is 598 g/mol. The van der Waals surface area contributed by atoms with E-state index in [0.29, 0.717) is 40.9 Å². The van der Waals surface area contributed by atoms with Crippen LogP contribution in [0.15, 0.2) is 45.7 Å². The number of furan rings is 1. The van der Waals surface area contributed by atoms with Crippen molar-refractivity contribution >= 4 is 40.0 Å². The lowest BCUT2D eigenvalue weighted by molar-refractivity contribution is -0.144. The lowest BCUT2D eigenvalue weighted by atomic mass is 9.78. The predicted molar refractivity (Wildman–Crippen MR) is 154 cm³/mol. The molecule has 10 nitrogen and oxygen atoms in total. The number of nitrogens with zero attached hydrogens (tertiary/aromatic N) is 4. The van der Waals surface area contributed by atoms with Gasteiger partial charge in [0.15, 0.2) is 11.4 Å². The van der Waals surface area contributed by atoms with Crippen LogP contribution in [0.1, 0.15) is 37.1 Å². The Kier molecular flexibility index (Phi) is 8.59. The van der Waals surface area contributed by atoms with Crippen LogP contribution in [0.5, 0.6) is 0 Å². The third-order valence-electron chi connectivity index (χ3n) is 7.73. The maximum atomic E-state index is 13.1. The van der Waals surface area contributed by atoms with Crippen LogP contribution in [0.4, 0.5) is 24.7 Å². The minimum atomic E-state index is -4.58. The van der Waals surface area contributed by atoms with Gasteiger partial charge in [0.2, 0.25) is 5.82 Å². The largest absolute Gasteiger partial charge is 0.483 e. The highest BCUT2D eigenvalue weighted by molar-refractivity contribution is 6.05. The van der Waals surface area contributed by atoms with Crippen LogP contribution in [0.25, 0.3) is 22.1 Å². The number of pyridine rings is 1. The first-order valence-corrected chi connectivity index (χ1v) is 13.8. The van der Waals surface area contributed by atoms with Crippen LogP contribution in [0.3, 0.4) is 0 Å². The summed E-state index contributed by atoms with van der Waals surface area (Å²) in [4.78, 5) is 34.4. The molecular formula is C30H30F3N5O5. The molecule has 0 amide bonds. The molecule has 3 aromatic heterocycles. The Bertz CT molecular complexity index is 1700. The third kappa shape index (κ3) is 6.29. The molecule has 3 aliphatic rings. The molecule has 226 valence electrons. The molecule has 0 saturated carbocycles. The first-order valence-electron chi connectivity index (χ1n) is 13.8. The summed E-state index contributed by atoms with van der Waals surface area (Å²) >= 11 is 0. The molecule has 1 aromatic carbocycles. The number of aromatic amines is 1. The first kappa shape index (κ1) is 29.9. The van der Waals surface area contributed by atoms with Crippen molar-refractivity contribution in [3.8, 4) is 12.3 Å². The van der Waals surface area contributed by atoms with Gasteiger partial charge < -0.3 is 29.0 Å². The zero-order valence-corrected chi connectivity index (χ0v) is 23.2. The van der Waals surface area contributed by atoms with E-state index in [4.69, 9.17) is 25.5 Å². The number of ether oxygens (including phenoxy) is 1. The maximum Gasteiger partial charge on any atom is 0.451 e. The van der Waals surface area contributed by atoms with Gasteiger partial charge in [-0.3, -0.25) is 9.59 Å². The zero-order chi connectivity index (χ0) is 30.6. The van der Waals surface area contributed by atoms with Gasteiger partial charge in [-0.25, -0.2) is 9.97 Å². The topological polar surface area (TPSA) is 125 Å². The Morgan fingerprint density at radius 2 is 1.79 bits per heavy atom. The van der Waals surface area contributed by atoms with Gasteiger partial charge in [-0.05, 0) is 43.9 Å². The molecule has 3 aliphatic heterocycles. The quantitative estimate of drug-likeness (QED) is 0.251. The number of halogens is 3. The number of anilines is 2. The molecule has 4 aromatic rings. The van der Waals surface area contributed by atoms with E-state index in [0.717, 1.165) is 45.6 Å².